The summed E-state index contributed by atoms with van der Waals surface area (Å²) in [6.45, 7) is 5.24. The van der Waals surface area contributed by atoms with Crippen LogP contribution < -0.4 is 0 Å². The van der Waals surface area contributed by atoms with Gasteiger partial charge in [0.25, 0.3) is 0 Å². The van der Waals surface area contributed by atoms with E-state index in [1.165, 1.54) is 12.0 Å². The Balaban J connectivity index is 1.32. The number of rotatable bonds is 3. The van der Waals surface area contributed by atoms with Crippen molar-refractivity contribution in [1.29, 1.82) is 0 Å². The van der Waals surface area contributed by atoms with Crippen LogP contribution in [-0.2, 0) is 11.3 Å². The van der Waals surface area contributed by atoms with Gasteiger partial charge < -0.3 is 4.90 Å². The molecular weight excluding hydrogens is 262 g/mol. The summed E-state index contributed by atoms with van der Waals surface area (Å²) < 4.78 is 0. The van der Waals surface area contributed by atoms with Crippen molar-refractivity contribution < 1.29 is 4.79 Å². The van der Waals surface area contributed by atoms with Gasteiger partial charge in [-0.1, -0.05) is 12.5 Å². The van der Waals surface area contributed by atoms with Crippen LogP contribution in [-0.4, -0.2) is 46.9 Å². The lowest BCUT2D eigenvalue weighted by Crippen LogP contribution is -2.39. The standard InChI is InChI=1S/C17H23N3O/c21-17(14-4-1-5-14)20-11-15-9-19(10-16(15)12-20)8-13-3-2-6-18-7-13/h2-3,6-7,14-16H,1,4-5,8-12H2/t15-,16+. The van der Waals surface area contributed by atoms with Gasteiger partial charge in [-0.15, -0.1) is 0 Å². The summed E-state index contributed by atoms with van der Waals surface area (Å²) >= 11 is 0. The Morgan fingerprint density at radius 3 is 2.52 bits per heavy atom. The molecule has 0 radical (unpaired) electrons. The first kappa shape index (κ1) is 13.3. The second-order valence-electron chi connectivity index (χ2n) is 6.95. The Morgan fingerprint density at radius 2 is 1.95 bits per heavy atom. The quantitative estimate of drug-likeness (QED) is 0.849. The van der Waals surface area contributed by atoms with Crippen molar-refractivity contribution >= 4 is 5.91 Å². The first-order valence-corrected chi connectivity index (χ1v) is 8.19. The fourth-order valence-electron chi connectivity index (χ4n) is 4.06. The average Bonchev–Trinajstić information content (AvgIpc) is 2.95. The number of aromatic nitrogens is 1. The minimum atomic E-state index is 0.357. The molecule has 21 heavy (non-hydrogen) atoms. The molecule has 1 amide bonds. The van der Waals surface area contributed by atoms with Gasteiger partial charge in [0, 0.05) is 51.0 Å². The van der Waals surface area contributed by atoms with Crippen LogP contribution >= 0.6 is 0 Å². The molecule has 3 heterocycles. The third kappa shape index (κ3) is 2.57. The van der Waals surface area contributed by atoms with Crippen LogP contribution in [0.2, 0.25) is 0 Å². The molecule has 0 aromatic carbocycles. The van der Waals surface area contributed by atoms with Crippen LogP contribution in [0.25, 0.3) is 0 Å². The van der Waals surface area contributed by atoms with Gasteiger partial charge in [-0.05, 0) is 36.3 Å². The van der Waals surface area contributed by atoms with Gasteiger partial charge in [0.15, 0.2) is 0 Å². The lowest BCUT2D eigenvalue weighted by atomic mass is 9.84. The van der Waals surface area contributed by atoms with Crippen LogP contribution in [0.5, 0.6) is 0 Å². The molecule has 112 valence electrons. The Morgan fingerprint density at radius 1 is 1.19 bits per heavy atom. The number of amides is 1. The Kier molecular flexibility index (Phi) is 3.42. The van der Waals surface area contributed by atoms with Crippen LogP contribution in [0.3, 0.4) is 0 Å². The van der Waals surface area contributed by atoms with Crippen LogP contribution in [0.15, 0.2) is 24.5 Å². The highest BCUT2D eigenvalue weighted by molar-refractivity contribution is 5.79. The molecule has 1 aliphatic carbocycles. The highest BCUT2D eigenvalue weighted by Crippen LogP contribution is 2.35. The van der Waals surface area contributed by atoms with E-state index in [1.54, 1.807) is 0 Å². The lowest BCUT2D eigenvalue weighted by Gasteiger charge is -2.30. The maximum Gasteiger partial charge on any atom is 0.225 e. The fraction of sp³-hybridized carbons (Fsp3) is 0.647. The number of hydrogen-bond donors (Lipinski definition) is 0. The van der Waals surface area contributed by atoms with Crippen LogP contribution in [0.1, 0.15) is 24.8 Å². The summed E-state index contributed by atoms with van der Waals surface area (Å²) in [5, 5.41) is 0. The van der Waals surface area contributed by atoms with Crippen molar-refractivity contribution in [2.45, 2.75) is 25.8 Å². The third-order valence-corrected chi connectivity index (χ3v) is 5.46. The minimum Gasteiger partial charge on any atom is -0.342 e. The predicted octanol–water partition coefficient (Wildman–Crippen LogP) is 1.77. The number of fused-ring (bicyclic) bond motifs is 1. The van der Waals surface area contributed by atoms with Crippen molar-refractivity contribution in [3.63, 3.8) is 0 Å². The molecule has 0 unspecified atom stereocenters. The molecule has 4 heteroatoms. The summed E-state index contributed by atoms with van der Waals surface area (Å²) in [5.74, 6) is 2.17. The van der Waals surface area contributed by atoms with Crippen molar-refractivity contribution in [2.24, 2.45) is 17.8 Å². The van der Waals surface area contributed by atoms with E-state index < -0.39 is 0 Å². The van der Waals surface area contributed by atoms with Gasteiger partial charge in [-0.2, -0.15) is 0 Å². The summed E-state index contributed by atoms with van der Waals surface area (Å²) in [6.07, 6.45) is 7.28. The maximum atomic E-state index is 12.3. The highest BCUT2D eigenvalue weighted by Gasteiger charge is 2.43. The Hall–Kier alpha value is -1.42. The molecule has 2 aliphatic heterocycles. The van der Waals surface area contributed by atoms with Crippen molar-refractivity contribution in [3.05, 3.63) is 30.1 Å². The van der Waals surface area contributed by atoms with E-state index in [0.717, 1.165) is 45.6 Å². The SMILES string of the molecule is O=C(C1CCC1)N1C[C@H]2CN(Cc3cccnc3)C[C@H]2C1. The van der Waals surface area contributed by atoms with Crippen molar-refractivity contribution in [3.8, 4) is 0 Å². The third-order valence-electron chi connectivity index (χ3n) is 5.46. The maximum absolute atomic E-state index is 12.3. The van der Waals surface area contributed by atoms with E-state index in [2.05, 4.69) is 20.9 Å². The van der Waals surface area contributed by atoms with Gasteiger partial charge >= 0.3 is 0 Å². The topological polar surface area (TPSA) is 36.4 Å². The molecule has 3 aliphatic rings. The summed E-state index contributed by atoms with van der Waals surface area (Å²) in [6, 6.07) is 4.15. The zero-order chi connectivity index (χ0) is 14.2. The second kappa shape index (κ2) is 5.41. The number of nitrogens with zero attached hydrogens (tertiary/aromatic N) is 3. The molecule has 4 nitrogen and oxygen atoms in total. The molecule has 1 saturated carbocycles. The molecule has 0 bridgehead atoms. The zero-order valence-corrected chi connectivity index (χ0v) is 12.4. The van der Waals surface area contributed by atoms with E-state index in [-0.39, 0.29) is 0 Å². The fourth-order valence-corrected chi connectivity index (χ4v) is 4.06. The van der Waals surface area contributed by atoms with E-state index in [0.29, 0.717) is 23.7 Å². The van der Waals surface area contributed by atoms with Gasteiger partial charge in [0.2, 0.25) is 5.91 Å². The predicted molar refractivity (Wildman–Crippen MR) is 80.4 cm³/mol. The number of hydrogen-bond acceptors (Lipinski definition) is 3. The monoisotopic (exact) mass is 285 g/mol. The number of pyridine rings is 1. The molecule has 4 rings (SSSR count). The smallest absolute Gasteiger partial charge is 0.225 e. The van der Waals surface area contributed by atoms with Gasteiger partial charge in [-0.25, -0.2) is 0 Å². The Bertz CT molecular complexity index is 500. The van der Waals surface area contributed by atoms with Crippen LogP contribution in [0.4, 0.5) is 0 Å². The summed E-state index contributed by atoms with van der Waals surface area (Å²) in [7, 11) is 0. The molecule has 2 atom stereocenters. The highest BCUT2D eigenvalue weighted by atomic mass is 16.2. The first-order chi connectivity index (χ1) is 10.3. The molecular formula is C17H23N3O. The van der Waals surface area contributed by atoms with Crippen molar-refractivity contribution in [1.82, 2.24) is 14.8 Å². The molecule has 0 spiro atoms. The zero-order valence-electron chi connectivity index (χ0n) is 12.4. The molecule has 1 aromatic rings. The van der Waals surface area contributed by atoms with E-state index in [4.69, 9.17) is 0 Å². The summed E-state index contributed by atoms with van der Waals surface area (Å²) in [5.41, 5.74) is 1.29. The largest absolute Gasteiger partial charge is 0.342 e. The van der Waals surface area contributed by atoms with Crippen LogP contribution in [0, 0.1) is 17.8 Å². The van der Waals surface area contributed by atoms with E-state index in [9.17, 15) is 4.79 Å². The van der Waals surface area contributed by atoms with E-state index in [1.807, 2.05) is 18.5 Å². The Labute approximate surface area is 126 Å². The molecule has 1 aromatic heterocycles. The second-order valence-corrected chi connectivity index (χ2v) is 6.95. The minimum absolute atomic E-state index is 0.357. The summed E-state index contributed by atoms with van der Waals surface area (Å²) in [4.78, 5) is 21.2. The average molecular weight is 285 g/mol. The van der Waals surface area contributed by atoms with Crippen molar-refractivity contribution in [2.75, 3.05) is 26.2 Å². The van der Waals surface area contributed by atoms with E-state index >= 15 is 0 Å². The number of carbonyl (C=O) groups excluding carboxylic acids is 1. The molecule has 3 fully saturated rings. The lowest BCUT2D eigenvalue weighted by molar-refractivity contribution is -0.137. The van der Waals surface area contributed by atoms with Gasteiger partial charge in [0.1, 0.15) is 0 Å². The first-order valence-electron chi connectivity index (χ1n) is 8.19. The number of carbonyl (C=O) groups is 1. The number of likely N-dealkylation sites (tertiary alicyclic amines) is 2. The molecule has 0 N–H and O–H groups in total. The normalized spacial score (nSPS) is 29.4. The molecule has 2 saturated heterocycles. The van der Waals surface area contributed by atoms with Gasteiger partial charge in [-0.3, -0.25) is 14.7 Å². The van der Waals surface area contributed by atoms with Gasteiger partial charge in [0.05, 0.1) is 0 Å².